The zero-order valence-corrected chi connectivity index (χ0v) is 9.29. The van der Waals surface area contributed by atoms with E-state index in [1.165, 1.54) is 5.56 Å². The van der Waals surface area contributed by atoms with E-state index in [0.717, 1.165) is 12.1 Å². The first-order valence-electron chi connectivity index (χ1n) is 5.21. The van der Waals surface area contributed by atoms with Gasteiger partial charge in [0.15, 0.2) is 0 Å². The highest BCUT2D eigenvalue weighted by Crippen LogP contribution is 2.11. The number of hydrogen-bond acceptors (Lipinski definition) is 2. The van der Waals surface area contributed by atoms with Gasteiger partial charge in [0, 0.05) is 11.6 Å². The van der Waals surface area contributed by atoms with Gasteiger partial charge >= 0.3 is 0 Å². The second-order valence-electron chi connectivity index (χ2n) is 3.83. The molecule has 1 aromatic carbocycles. The highest BCUT2D eigenvalue weighted by Gasteiger charge is 2.11. The van der Waals surface area contributed by atoms with Crippen LogP contribution in [0.3, 0.4) is 0 Å². The number of benzene rings is 1. The van der Waals surface area contributed by atoms with Crippen LogP contribution in [0.25, 0.3) is 0 Å². The van der Waals surface area contributed by atoms with Gasteiger partial charge in [0.2, 0.25) is 5.91 Å². The Morgan fingerprint density at radius 3 is 2.53 bits per heavy atom. The Kier molecular flexibility index (Phi) is 4.31. The maximum absolute atomic E-state index is 11.6. The van der Waals surface area contributed by atoms with Crippen LogP contribution in [-0.2, 0) is 4.79 Å². The molecule has 0 spiro atoms. The molecule has 1 aromatic rings. The lowest BCUT2D eigenvalue weighted by molar-refractivity contribution is -0.119. The molecule has 1 atom stereocenters. The maximum Gasteiger partial charge on any atom is 0.227 e. The van der Waals surface area contributed by atoms with Gasteiger partial charge in [-0.2, -0.15) is 0 Å². The number of hydrogen-bond donors (Lipinski definition) is 2. The van der Waals surface area contributed by atoms with E-state index in [0.29, 0.717) is 6.54 Å². The van der Waals surface area contributed by atoms with Crippen molar-refractivity contribution in [1.82, 2.24) is 0 Å². The molecular weight excluding hydrogens is 188 g/mol. The summed E-state index contributed by atoms with van der Waals surface area (Å²) >= 11 is 0. The second-order valence-corrected chi connectivity index (χ2v) is 3.83. The molecule has 0 heterocycles. The quantitative estimate of drug-likeness (QED) is 0.790. The Morgan fingerprint density at radius 1 is 1.40 bits per heavy atom. The standard InChI is InChI=1S/C12H18N2O/c1-9-3-5-11(6-4-9)14-12(15)10(2)7-8-13/h3-6,10H,7-8,13H2,1-2H3,(H,14,15). The summed E-state index contributed by atoms with van der Waals surface area (Å²) in [6.45, 7) is 4.45. The van der Waals surface area contributed by atoms with Crippen molar-refractivity contribution in [1.29, 1.82) is 0 Å². The number of amides is 1. The predicted molar refractivity (Wildman–Crippen MR) is 62.6 cm³/mol. The average Bonchev–Trinajstić information content (AvgIpc) is 2.22. The molecule has 0 fully saturated rings. The van der Waals surface area contributed by atoms with Gasteiger partial charge in [-0.15, -0.1) is 0 Å². The fraction of sp³-hybridized carbons (Fsp3) is 0.417. The number of aryl methyl sites for hydroxylation is 1. The molecule has 0 aliphatic heterocycles. The molecular formula is C12H18N2O. The molecule has 0 aliphatic rings. The van der Waals surface area contributed by atoms with Crippen molar-refractivity contribution in [3.8, 4) is 0 Å². The summed E-state index contributed by atoms with van der Waals surface area (Å²) in [7, 11) is 0. The van der Waals surface area contributed by atoms with Gasteiger partial charge in [0.1, 0.15) is 0 Å². The van der Waals surface area contributed by atoms with Gasteiger partial charge < -0.3 is 11.1 Å². The van der Waals surface area contributed by atoms with Crippen molar-refractivity contribution >= 4 is 11.6 Å². The molecule has 0 saturated heterocycles. The van der Waals surface area contributed by atoms with Gasteiger partial charge in [-0.25, -0.2) is 0 Å². The van der Waals surface area contributed by atoms with Crippen molar-refractivity contribution in [3.05, 3.63) is 29.8 Å². The van der Waals surface area contributed by atoms with Crippen molar-refractivity contribution in [2.45, 2.75) is 20.3 Å². The predicted octanol–water partition coefficient (Wildman–Crippen LogP) is 1.92. The van der Waals surface area contributed by atoms with E-state index in [9.17, 15) is 4.79 Å². The molecule has 1 unspecified atom stereocenters. The van der Waals surface area contributed by atoms with Crippen LogP contribution in [-0.4, -0.2) is 12.5 Å². The molecule has 0 saturated carbocycles. The molecule has 0 bridgehead atoms. The average molecular weight is 206 g/mol. The highest BCUT2D eigenvalue weighted by atomic mass is 16.1. The zero-order chi connectivity index (χ0) is 11.3. The first kappa shape index (κ1) is 11.7. The normalized spacial score (nSPS) is 12.2. The number of nitrogens with two attached hydrogens (primary N) is 1. The van der Waals surface area contributed by atoms with Crippen LogP contribution in [0.1, 0.15) is 18.9 Å². The van der Waals surface area contributed by atoms with Crippen LogP contribution >= 0.6 is 0 Å². The molecule has 3 N–H and O–H groups in total. The van der Waals surface area contributed by atoms with Crippen LogP contribution in [0.5, 0.6) is 0 Å². The summed E-state index contributed by atoms with van der Waals surface area (Å²) in [5, 5.41) is 2.86. The zero-order valence-electron chi connectivity index (χ0n) is 9.29. The van der Waals surface area contributed by atoms with Gasteiger partial charge in [-0.3, -0.25) is 4.79 Å². The van der Waals surface area contributed by atoms with E-state index in [1.807, 2.05) is 38.1 Å². The summed E-state index contributed by atoms with van der Waals surface area (Å²) < 4.78 is 0. The number of rotatable bonds is 4. The summed E-state index contributed by atoms with van der Waals surface area (Å²) in [4.78, 5) is 11.6. The van der Waals surface area contributed by atoms with Crippen molar-refractivity contribution in [3.63, 3.8) is 0 Å². The van der Waals surface area contributed by atoms with Gasteiger partial charge in [0.05, 0.1) is 0 Å². The molecule has 1 amide bonds. The van der Waals surface area contributed by atoms with Crippen LogP contribution in [0.2, 0.25) is 0 Å². The summed E-state index contributed by atoms with van der Waals surface area (Å²) in [6.07, 6.45) is 0.720. The van der Waals surface area contributed by atoms with E-state index in [4.69, 9.17) is 5.73 Å². The van der Waals surface area contributed by atoms with Crippen LogP contribution in [0.15, 0.2) is 24.3 Å². The minimum atomic E-state index is -0.0312. The topological polar surface area (TPSA) is 55.1 Å². The Bertz CT molecular complexity index is 319. The van der Waals surface area contributed by atoms with Crippen molar-refractivity contribution in [2.75, 3.05) is 11.9 Å². The van der Waals surface area contributed by atoms with Crippen molar-refractivity contribution < 1.29 is 4.79 Å². The molecule has 3 nitrogen and oxygen atoms in total. The molecule has 0 aromatic heterocycles. The van der Waals surface area contributed by atoms with Crippen LogP contribution in [0.4, 0.5) is 5.69 Å². The number of nitrogens with one attached hydrogen (secondary N) is 1. The Hall–Kier alpha value is -1.35. The minimum absolute atomic E-state index is 0.0312. The van der Waals surface area contributed by atoms with E-state index in [1.54, 1.807) is 0 Å². The third kappa shape index (κ3) is 3.72. The molecule has 15 heavy (non-hydrogen) atoms. The third-order valence-corrected chi connectivity index (χ3v) is 2.37. The first-order chi connectivity index (χ1) is 7.13. The fourth-order valence-electron chi connectivity index (χ4n) is 1.28. The van der Waals surface area contributed by atoms with Crippen molar-refractivity contribution in [2.24, 2.45) is 11.7 Å². The summed E-state index contributed by atoms with van der Waals surface area (Å²) in [5.41, 5.74) is 7.43. The lowest BCUT2D eigenvalue weighted by Crippen LogP contribution is -2.22. The number of carbonyl (C=O) groups excluding carboxylic acids is 1. The van der Waals surface area contributed by atoms with E-state index in [-0.39, 0.29) is 11.8 Å². The summed E-state index contributed by atoms with van der Waals surface area (Å²) in [5.74, 6) is 0.000561. The van der Waals surface area contributed by atoms with Crippen LogP contribution in [0, 0.1) is 12.8 Å². The maximum atomic E-state index is 11.6. The molecule has 0 radical (unpaired) electrons. The first-order valence-corrected chi connectivity index (χ1v) is 5.21. The second kappa shape index (κ2) is 5.51. The SMILES string of the molecule is Cc1ccc(NC(=O)C(C)CCN)cc1. The Balaban J connectivity index is 2.54. The molecule has 1 rings (SSSR count). The van der Waals surface area contributed by atoms with E-state index < -0.39 is 0 Å². The molecule has 0 aliphatic carbocycles. The summed E-state index contributed by atoms with van der Waals surface area (Å²) in [6, 6.07) is 7.76. The largest absolute Gasteiger partial charge is 0.330 e. The number of anilines is 1. The van der Waals surface area contributed by atoms with Gasteiger partial charge in [-0.1, -0.05) is 24.6 Å². The number of carbonyl (C=O) groups is 1. The third-order valence-electron chi connectivity index (χ3n) is 2.37. The lowest BCUT2D eigenvalue weighted by Gasteiger charge is -2.10. The fourth-order valence-corrected chi connectivity index (χ4v) is 1.28. The molecule has 3 heteroatoms. The van der Waals surface area contributed by atoms with Gasteiger partial charge in [-0.05, 0) is 32.0 Å². The Morgan fingerprint density at radius 2 is 2.00 bits per heavy atom. The smallest absolute Gasteiger partial charge is 0.227 e. The molecule has 82 valence electrons. The monoisotopic (exact) mass is 206 g/mol. The lowest BCUT2D eigenvalue weighted by atomic mass is 10.1. The van der Waals surface area contributed by atoms with Gasteiger partial charge in [0.25, 0.3) is 0 Å². The van der Waals surface area contributed by atoms with E-state index in [2.05, 4.69) is 5.32 Å². The minimum Gasteiger partial charge on any atom is -0.330 e. The van der Waals surface area contributed by atoms with E-state index >= 15 is 0 Å². The Labute approximate surface area is 90.7 Å². The highest BCUT2D eigenvalue weighted by molar-refractivity contribution is 5.92. The van der Waals surface area contributed by atoms with Crippen LogP contribution < -0.4 is 11.1 Å².